The summed E-state index contributed by atoms with van der Waals surface area (Å²) in [6.07, 6.45) is 13.2. The Hall–Kier alpha value is -1.53. The Morgan fingerprint density at radius 3 is 2.19 bits per heavy atom. The predicted molar refractivity (Wildman–Crippen MR) is 123 cm³/mol. The van der Waals surface area contributed by atoms with Gasteiger partial charge in [-0.1, -0.05) is 13.8 Å². The number of carbonyl (C=O) groups excluding carboxylic acids is 1. The lowest BCUT2D eigenvalue weighted by Gasteiger charge is -2.45. The quantitative estimate of drug-likeness (QED) is 0.667. The Kier molecular flexibility index (Phi) is 6.29. The Balaban J connectivity index is 1.12. The number of aromatic nitrogens is 2. The molecule has 0 aromatic carbocycles. The molecule has 2 atom stereocenters. The molecule has 4 aliphatic rings. The Morgan fingerprint density at radius 2 is 1.61 bits per heavy atom. The highest BCUT2D eigenvalue weighted by molar-refractivity contribution is 5.78. The van der Waals surface area contributed by atoms with Crippen LogP contribution in [0.2, 0.25) is 0 Å². The summed E-state index contributed by atoms with van der Waals surface area (Å²) in [7, 11) is 0. The lowest BCUT2D eigenvalue weighted by atomic mass is 9.75. The SMILES string of the molecule is CCC(=O)CC1CC(N2CCC(c3cnc(N4C5CCC4CN(CC)C5)nc3)CC2)C1. The molecule has 6 heteroatoms. The van der Waals surface area contributed by atoms with Crippen LogP contribution in [0.15, 0.2) is 12.4 Å². The van der Waals surface area contributed by atoms with Crippen molar-refractivity contribution in [2.75, 3.05) is 37.6 Å². The molecule has 3 saturated heterocycles. The summed E-state index contributed by atoms with van der Waals surface area (Å²) < 4.78 is 0. The molecule has 170 valence electrons. The fourth-order valence-electron chi connectivity index (χ4n) is 6.48. The van der Waals surface area contributed by atoms with Crippen LogP contribution >= 0.6 is 0 Å². The number of hydrogen-bond donors (Lipinski definition) is 0. The molecule has 4 fully saturated rings. The minimum absolute atomic E-state index is 0.436. The predicted octanol–water partition coefficient (Wildman–Crippen LogP) is 3.48. The maximum Gasteiger partial charge on any atom is 0.225 e. The maximum absolute atomic E-state index is 11.7. The number of rotatable bonds is 7. The van der Waals surface area contributed by atoms with Gasteiger partial charge in [-0.05, 0) is 75.6 Å². The number of ketones is 1. The number of fused-ring (bicyclic) bond motifs is 2. The van der Waals surface area contributed by atoms with Gasteiger partial charge in [0.15, 0.2) is 0 Å². The minimum Gasteiger partial charge on any atom is -0.332 e. The van der Waals surface area contributed by atoms with Gasteiger partial charge in [0.05, 0.1) is 0 Å². The average Bonchev–Trinajstić information content (AvgIpc) is 3.05. The topological polar surface area (TPSA) is 52.6 Å². The Bertz CT molecular complexity index is 740. The molecular weight excluding hydrogens is 386 g/mol. The molecule has 2 unspecified atom stereocenters. The largest absolute Gasteiger partial charge is 0.332 e. The molecule has 1 saturated carbocycles. The van der Waals surface area contributed by atoms with Crippen LogP contribution < -0.4 is 4.90 Å². The number of nitrogens with zero attached hydrogens (tertiary/aromatic N) is 5. The van der Waals surface area contributed by atoms with E-state index in [1.807, 2.05) is 6.92 Å². The zero-order chi connectivity index (χ0) is 21.4. The summed E-state index contributed by atoms with van der Waals surface area (Å²) in [6.45, 7) is 10.1. The molecular formula is C25H39N5O. The molecule has 1 aromatic rings. The van der Waals surface area contributed by atoms with E-state index in [2.05, 4.69) is 34.0 Å². The van der Waals surface area contributed by atoms with Gasteiger partial charge < -0.3 is 9.80 Å². The highest BCUT2D eigenvalue weighted by atomic mass is 16.1. The summed E-state index contributed by atoms with van der Waals surface area (Å²) in [4.78, 5) is 29.1. The first-order valence-electron chi connectivity index (χ1n) is 12.7. The number of likely N-dealkylation sites (N-methyl/N-ethyl adjacent to an activating group) is 1. The zero-order valence-corrected chi connectivity index (χ0v) is 19.4. The zero-order valence-electron chi connectivity index (χ0n) is 19.4. The molecule has 5 rings (SSSR count). The van der Waals surface area contributed by atoms with Crippen LogP contribution in [0.1, 0.15) is 76.7 Å². The fraction of sp³-hybridized carbons (Fsp3) is 0.800. The van der Waals surface area contributed by atoms with Crippen LogP contribution in [0.4, 0.5) is 5.95 Å². The average molecular weight is 426 g/mol. The van der Waals surface area contributed by atoms with Crippen LogP contribution in [-0.4, -0.2) is 76.4 Å². The van der Waals surface area contributed by atoms with Crippen LogP contribution in [-0.2, 0) is 4.79 Å². The first-order valence-corrected chi connectivity index (χ1v) is 12.7. The molecule has 0 spiro atoms. The highest BCUT2D eigenvalue weighted by Gasteiger charge is 2.41. The van der Waals surface area contributed by atoms with Gasteiger partial charge in [0, 0.05) is 56.5 Å². The van der Waals surface area contributed by atoms with Crippen molar-refractivity contribution in [3.63, 3.8) is 0 Å². The molecule has 0 N–H and O–H groups in total. The van der Waals surface area contributed by atoms with Gasteiger partial charge in [-0.3, -0.25) is 9.69 Å². The van der Waals surface area contributed by atoms with Crippen molar-refractivity contribution >= 4 is 11.7 Å². The van der Waals surface area contributed by atoms with E-state index in [1.165, 1.54) is 57.2 Å². The molecule has 1 aromatic heterocycles. The number of Topliss-reactive ketones (excluding diaryl/α,β-unsaturated/α-hetero) is 1. The number of likely N-dealkylation sites (tertiary alicyclic amines) is 2. The third kappa shape index (κ3) is 4.38. The molecule has 3 aliphatic heterocycles. The van der Waals surface area contributed by atoms with Crippen LogP contribution in [0.5, 0.6) is 0 Å². The number of carbonyl (C=O) groups is 1. The van der Waals surface area contributed by atoms with E-state index in [0.717, 1.165) is 32.0 Å². The second-order valence-electron chi connectivity index (χ2n) is 10.4. The standard InChI is InChI=1S/C25H39N5O/c1-3-24(31)13-18-11-23(12-18)29-9-7-19(8-10-29)20-14-26-25(27-15-20)30-21-5-6-22(30)17-28(4-2)16-21/h14-15,18-19,21-23H,3-13,16-17H2,1-2H3. The van der Waals surface area contributed by atoms with Crippen molar-refractivity contribution < 1.29 is 4.79 Å². The first-order chi connectivity index (χ1) is 15.1. The first kappa shape index (κ1) is 21.3. The van der Waals surface area contributed by atoms with Gasteiger partial charge in [-0.25, -0.2) is 9.97 Å². The van der Waals surface area contributed by atoms with Crippen molar-refractivity contribution in [3.05, 3.63) is 18.0 Å². The number of piperidine rings is 1. The van der Waals surface area contributed by atoms with Gasteiger partial charge in [0.25, 0.3) is 0 Å². The van der Waals surface area contributed by atoms with E-state index in [4.69, 9.17) is 9.97 Å². The third-order valence-corrected chi connectivity index (χ3v) is 8.53. The fourth-order valence-corrected chi connectivity index (χ4v) is 6.48. The maximum atomic E-state index is 11.7. The van der Waals surface area contributed by atoms with E-state index in [1.54, 1.807) is 0 Å². The Labute approximate surface area is 187 Å². The minimum atomic E-state index is 0.436. The summed E-state index contributed by atoms with van der Waals surface area (Å²) in [6, 6.07) is 1.89. The monoisotopic (exact) mass is 425 g/mol. The van der Waals surface area contributed by atoms with E-state index < -0.39 is 0 Å². The Morgan fingerprint density at radius 1 is 0.968 bits per heavy atom. The van der Waals surface area contributed by atoms with E-state index >= 15 is 0 Å². The van der Waals surface area contributed by atoms with Gasteiger partial charge in [0.2, 0.25) is 5.95 Å². The number of anilines is 1. The molecule has 2 bridgehead atoms. The highest BCUT2D eigenvalue weighted by Crippen LogP contribution is 2.38. The molecule has 0 radical (unpaired) electrons. The summed E-state index contributed by atoms with van der Waals surface area (Å²) >= 11 is 0. The van der Waals surface area contributed by atoms with Gasteiger partial charge >= 0.3 is 0 Å². The normalized spacial score (nSPS) is 32.3. The van der Waals surface area contributed by atoms with Crippen LogP contribution in [0.25, 0.3) is 0 Å². The summed E-state index contributed by atoms with van der Waals surface area (Å²) in [5.41, 5.74) is 1.32. The van der Waals surface area contributed by atoms with E-state index in [0.29, 0.717) is 42.2 Å². The van der Waals surface area contributed by atoms with Crippen molar-refractivity contribution in [1.82, 2.24) is 19.8 Å². The molecule has 1 aliphatic carbocycles. The third-order valence-electron chi connectivity index (χ3n) is 8.53. The smallest absolute Gasteiger partial charge is 0.225 e. The summed E-state index contributed by atoms with van der Waals surface area (Å²) in [5.74, 6) is 2.62. The molecule has 4 heterocycles. The van der Waals surface area contributed by atoms with Gasteiger partial charge in [-0.15, -0.1) is 0 Å². The van der Waals surface area contributed by atoms with Crippen molar-refractivity contribution in [1.29, 1.82) is 0 Å². The lowest BCUT2D eigenvalue weighted by Crippen LogP contribution is -2.54. The van der Waals surface area contributed by atoms with E-state index in [-0.39, 0.29) is 0 Å². The van der Waals surface area contributed by atoms with Crippen molar-refractivity contribution in [2.24, 2.45) is 5.92 Å². The summed E-state index contributed by atoms with van der Waals surface area (Å²) in [5, 5.41) is 0. The van der Waals surface area contributed by atoms with Crippen molar-refractivity contribution in [3.8, 4) is 0 Å². The molecule has 6 nitrogen and oxygen atoms in total. The van der Waals surface area contributed by atoms with Crippen LogP contribution in [0, 0.1) is 5.92 Å². The molecule has 31 heavy (non-hydrogen) atoms. The second kappa shape index (κ2) is 9.14. The van der Waals surface area contributed by atoms with Crippen molar-refractivity contribution in [2.45, 2.75) is 89.3 Å². The van der Waals surface area contributed by atoms with Crippen LogP contribution in [0.3, 0.4) is 0 Å². The van der Waals surface area contributed by atoms with E-state index in [9.17, 15) is 4.79 Å². The number of hydrogen-bond acceptors (Lipinski definition) is 6. The lowest BCUT2D eigenvalue weighted by molar-refractivity contribution is -0.120. The second-order valence-corrected chi connectivity index (χ2v) is 10.4. The van der Waals surface area contributed by atoms with Gasteiger partial charge in [0.1, 0.15) is 5.78 Å². The molecule has 0 amide bonds. The number of piperazine rings is 1. The van der Waals surface area contributed by atoms with Gasteiger partial charge in [-0.2, -0.15) is 0 Å².